The Balaban J connectivity index is 1.79. The van der Waals surface area contributed by atoms with Gasteiger partial charge in [0.05, 0.1) is 29.3 Å². The number of rotatable bonds is 7. The third kappa shape index (κ3) is 4.59. The quantitative estimate of drug-likeness (QED) is 0.670. The Labute approximate surface area is 160 Å². The maximum Gasteiger partial charge on any atom is 0.272 e. The lowest BCUT2D eigenvalue weighted by atomic mass is 10.2. The van der Waals surface area contributed by atoms with Crippen molar-refractivity contribution < 1.29 is 18.3 Å². The number of alkyl halides is 2. The summed E-state index contributed by atoms with van der Waals surface area (Å²) < 4.78 is 31.3. The lowest BCUT2D eigenvalue weighted by Crippen LogP contribution is -2.18. The summed E-state index contributed by atoms with van der Waals surface area (Å²) in [7, 11) is 0. The van der Waals surface area contributed by atoms with Crippen molar-refractivity contribution in [1.29, 1.82) is 0 Å². The van der Waals surface area contributed by atoms with Crippen molar-refractivity contribution >= 4 is 22.6 Å². The number of fused-ring (bicyclic) bond motifs is 1. The Morgan fingerprint density at radius 1 is 1.32 bits per heavy atom. The molecular weight excluding hydrogens is 368 g/mol. The van der Waals surface area contributed by atoms with Gasteiger partial charge in [0.15, 0.2) is 0 Å². The first-order chi connectivity index (χ1) is 13.3. The molecular formula is C19H21F2N5O2. The molecule has 148 valence electrons. The Bertz CT molecular complexity index is 988. The van der Waals surface area contributed by atoms with E-state index >= 15 is 0 Å². The molecule has 3 aromatic rings. The van der Waals surface area contributed by atoms with Crippen LogP contribution in [0.1, 0.15) is 25.1 Å². The summed E-state index contributed by atoms with van der Waals surface area (Å²) in [5.74, 6) is 0.509. The second kappa shape index (κ2) is 8.28. The fourth-order valence-electron chi connectivity index (χ4n) is 2.59. The second-order valence-electron chi connectivity index (χ2n) is 6.71. The summed E-state index contributed by atoms with van der Waals surface area (Å²) in [4.78, 5) is 20.5. The Morgan fingerprint density at radius 2 is 2.11 bits per heavy atom. The van der Waals surface area contributed by atoms with Gasteiger partial charge in [0.25, 0.3) is 6.43 Å². The average Bonchev–Trinajstić information content (AvgIpc) is 3.04. The molecule has 0 saturated heterocycles. The number of pyridine rings is 2. The molecule has 28 heavy (non-hydrogen) atoms. The fourth-order valence-corrected chi connectivity index (χ4v) is 2.59. The number of aryl methyl sites for hydroxylation is 1. The predicted molar refractivity (Wildman–Crippen MR) is 101 cm³/mol. The highest BCUT2D eigenvalue weighted by Crippen LogP contribution is 2.22. The van der Waals surface area contributed by atoms with Crippen molar-refractivity contribution in [2.75, 3.05) is 11.9 Å². The van der Waals surface area contributed by atoms with Gasteiger partial charge >= 0.3 is 0 Å². The molecule has 0 unspecified atom stereocenters. The van der Waals surface area contributed by atoms with Gasteiger partial charge in [-0.3, -0.25) is 14.5 Å². The Morgan fingerprint density at radius 3 is 2.79 bits per heavy atom. The van der Waals surface area contributed by atoms with Crippen molar-refractivity contribution in [2.24, 2.45) is 5.92 Å². The molecule has 0 aromatic carbocycles. The largest absolute Gasteiger partial charge is 0.486 e. The number of nitrogens with zero attached hydrogens (tertiary/aromatic N) is 4. The van der Waals surface area contributed by atoms with Gasteiger partial charge in [-0.15, -0.1) is 0 Å². The third-order valence-corrected chi connectivity index (χ3v) is 4.06. The zero-order valence-electron chi connectivity index (χ0n) is 15.8. The van der Waals surface area contributed by atoms with Crippen molar-refractivity contribution in [2.45, 2.75) is 33.7 Å². The maximum absolute atomic E-state index is 12.3. The van der Waals surface area contributed by atoms with E-state index in [1.54, 1.807) is 36.1 Å². The number of halogens is 2. The highest BCUT2D eigenvalue weighted by molar-refractivity contribution is 5.99. The molecule has 1 N–H and O–H groups in total. The van der Waals surface area contributed by atoms with E-state index in [0.29, 0.717) is 34.9 Å². The van der Waals surface area contributed by atoms with Crippen LogP contribution in [0.2, 0.25) is 0 Å². The van der Waals surface area contributed by atoms with Gasteiger partial charge < -0.3 is 10.1 Å². The van der Waals surface area contributed by atoms with Crippen LogP contribution in [-0.4, -0.2) is 38.7 Å². The number of hydrogen-bond donors (Lipinski definition) is 1. The molecule has 7 nitrogen and oxygen atoms in total. The van der Waals surface area contributed by atoms with Gasteiger partial charge in [0.2, 0.25) is 5.91 Å². The number of ether oxygens (including phenoxy) is 1. The highest BCUT2D eigenvalue weighted by Gasteiger charge is 2.13. The minimum Gasteiger partial charge on any atom is -0.486 e. The monoisotopic (exact) mass is 389 g/mol. The second-order valence-corrected chi connectivity index (χ2v) is 6.71. The first kappa shape index (κ1) is 19.7. The first-order valence-corrected chi connectivity index (χ1v) is 8.83. The van der Waals surface area contributed by atoms with Crippen LogP contribution in [0.25, 0.3) is 10.9 Å². The van der Waals surface area contributed by atoms with Crippen LogP contribution >= 0.6 is 0 Å². The van der Waals surface area contributed by atoms with Crippen LogP contribution in [0.4, 0.5) is 14.6 Å². The first-order valence-electron chi connectivity index (χ1n) is 8.83. The number of anilines is 1. The molecule has 0 fully saturated rings. The number of nitrogens with one attached hydrogen (secondary N) is 1. The van der Waals surface area contributed by atoms with Crippen molar-refractivity contribution in [3.05, 3.63) is 42.0 Å². The molecule has 3 aromatic heterocycles. The van der Waals surface area contributed by atoms with E-state index in [2.05, 4.69) is 20.4 Å². The van der Waals surface area contributed by atoms with E-state index in [1.807, 2.05) is 13.8 Å². The van der Waals surface area contributed by atoms with E-state index in [-0.39, 0.29) is 11.8 Å². The zero-order chi connectivity index (χ0) is 20.3. The standard InChI is InChI=1S/C19H21F2N5O2/c1-11(2)19(27)24-18-14-9-26(25-15(14)4-5-22-18)8-13-6-12(3)16(7-23-13)28-10-17(20)21/h4-7,9,11,17H,8,10H2,1-3H3,(H,22,24,27). The molecule has 0 aliphatic rings. The highest BCUT2D eigenvalue weighted by atomic mass is 19.3. The summed E-state index contributed by atoms with van der Waals surface area (Å²) in [5.41, 5.74) is 2.12. The van der Waals surface area contributed by atoms with E-state index in [1.165, 1.54) is 6.20 Å². The minimum atomic E-state index is -2.53. The molecule has 3 rings (SSSR count). The molecule has 0 saturated carbocycles. The van der Waals surface area contributed by atoms with Gasteiger partial charge in [-0.25, -0.2) is 13.8 Å². The van der Waals surface area contributed by atoms with Crippen LogP contribution < -0.4 is 10.1 Å². The number of carbonyl (C=O) groups is 1. The molecule has 1 amide bonds. The molecule has 9 heteroatoms. The van der Waals surface area contributed by atoms with E-state index in [0.717, 1.165) is 5.39 Å². The van der Waals surface area contributed by atoms with Crippen molar-refractivity contribution in [3.63, 3.8) is 0 Å². The SMILES string of the molecule is Cc1cc(Cn2cc3c(NC(=O)C(C)C)nccc3n2)ncc1OCC(F)F. The lowest BCUT2D eigenvalue weighted by molar-refractivity contribution is -0.118. The van der Waals surface area contributed by atoms with Crippen molar-refractivity contribution in [3.8, 4) is 5.75 Å². The molecule has 0 bridgehead atoms. The predicted octanol–water partition coefficient (Wildman–Crippen LogP) is 3.42. The summed E-state index contributed by atoms with van der Waals surface area (Å²) >= 11 is 0. The van der Waals surface area contributed by atoms with Crippen LogP contribution in [0.5, 0.6) is 5.75 Å². The number of amides is 1. The van der Waals surface area contributed by atoms with Crippen LogP contribution in [0.3, 0.4) is 0 Å². The molecule has 3 heterocycles. The van der Waals surface area contributed by atoms with E-state index in [9.17, 15) is 13.6 Å². The normalized spacial score (nSPS) is 11.4. The van der Waals surface area contributed by atoms with Crippen LogP contribution in [-0.2, 0) is 11.3 Å². The Hall–Kier alpha value is -3.10. The van der Waals surface area contributed by atoms with Gasteiger partial charge in [0.1, 0.15) is 18.2 Å². The number of hydrogen-bond acceptors (Lipinski definition) is 5. The smallest absolute Gasteiger partial charge is 0.272 e. The molecule has 0 spiro atoms. The summed E-state index contributed by atoms with van der Waals surface area (Å²) in [5, 5.41) is 8.02. The van der Waals surface area contributed by atoms with Gasteiger partial charge in [-0.05, 0) is 24.6 Å². The fraction of sp³-hybridized carbons (Fsp3) is 0.368. The van der Waals surface area contributed by atoms with Crippen LogP contribution in [0.15, 0.2) is 30.7 Å². The Kier molecular flexibility index (Phi) is 5.81. The van der Waals surface area contributed by atoms with Gasteiger partial charge in [-0.1, -0.05) is 13.8 Å². The van der Waals surface area contributed by atoms with Gasteiger partial charge in [0, 0.05) is 18.3 Å². The lowest BCUT2D eigenvalue weighted by Gasteiger charge is -2.09. The maximum atomic E-state index is 12.3. The van der Waals surface area contributed by atoms with Crippen molar-refractivity contribution in [1.82, 2.24) is 19.7 Å². The van der Waals surface area contributed by atoms with Gasteiger partial charge in [-0.2, -0.15) is 5.10 Å². The summed E-state index contributed by atoms with van der Waals surface area (Å²) in [6, 6.07) is 3.53. The molecule has 0 aliphatic carbocycles. The topological polar surface area (TPSA) is 81.9 Å². The molecule has 0 atom stereocenters. The third-order valence-electron chi connectivity index (χ3n) is 4.06. The number of carbonyl (C=O) groups excluding carboxylic acids is 1. The van der Waals surface area contributed by atoms with Crippen LogP contribution in [0, 0.1) is 12.8 Å². The molecule has 0 radical (unpaired) electrons. The minimum absolute atomic E-state index is 0.121. The average molecular weight is 389 g/mol. The summed E-state index contributed by atoms with van der Waals surface area (Å²) in [6.45, 7) is 5.10. The number of aromatic nitrogens is 4. The summed E-state index contributed by atoms with van der Waals surface area (Å²) in [6.07, 6.45) is 2.28. The zero-order valence-corrected chi connectivity index (χ0v) is 15.8. The molecule has 0 aliphatic heterocycles. The van der Waals surface area contributed by atoms with E-state index < -0.39 is 13.0 Å². The van der Waals surface area contributed by atoms with E-state index in [4.69, 9.17) is 4.74 Å².